The SMILES string of the molecule is O=C(Cc1nncs1)c1cnc2c(c1NC1C3CC4CC1CC(O)(C4)C3)C=CC2. The lowest BCUT2D eigenvalue weighted by Crippen LogP contribution is -2.59. The summed E-state index contributed by atoms with van der Waals surface area (Å²) in [5, 5.41) is 23.3. The first-order valence-electron chi connectivity index (χ1n) is 10.5. The van der Waals surface area contributed by atoms with Crippen LogP contribution in [0.4, 0.5) is 5.69 Å². The number of aliphatic hydroxyl groups is 1. The zero-order valence-corrected chi connectivity index (χ0v) is 17.0. The van der Waals surface area contributed by atoms with Crippen LogP contribution in [0.2, 0.25) is 0 Å². The quantitative estimate of drug-likeness (QED) is 0.738. The lowest BCUT2D eigenvalue weighted by molar-refractivity contribution is -0.129. The third kappa shape index (κ3) is 2.94. The molecule has 6 nitrogen and oxygen atoms in total. The summed E-state index contributed by atoms with van der Waals surface area (Å²) in [6.45, 7) is 0. The van der Waals surface area contributed by atoms with Crippen LogP contribution in [0.25, 0.3) is 6.08 Å². The van der Waals surface area contributed by atoms with E-state index >= 15 is 0 Å². The highest BCUT2D eigenvalue weighted by Gasteiger charge is 2.54. The predicted molar refractivity (Wildman–Crippen MR) is 111 cm³/mol. The molecule has 0 aromatic carbocycles. The van der Waals surface area contributed by atoms with Gasteiger partial charge in [-0.3, -0.25) is 9.78 Å². The van der Waals surface area contributed by atoms with E-state index in [4.69, 9.17) is 0 Å². The Morgan fingerprint density at radius 1 is 1.28 bits per heavy atom. The van der Waals surface area contributed by atoms with Crippen molar-refractivity contribution in [2.75, 3.05) is 5.32 Å². The van der Waals surface area contributed by atoms with Gasteiger partial charge in [-0.25, -0.2) is 0 Å². The van der Waals surface area contributed by atoms with Crippen molar-refractivity contribution in [3.8, 4) is 0 Å². The van der Waals surface area contributed by atoms with Gasteiger partial charge in [0, 0.05) is 24.2 Å². The largest absolute Gasteiger partial charge is 0.390 e. The first kappa shape index (κ1) is 17.7. The summed E-state index contributed by atoms with van der Waals surface area (Å²) < 4.78 is 0. The third-order valence-electron chi connectivity index (χ3n) is 7.36. The van der Waals surface area contributed by atoms with Crippen LogP contribution < -0.4 is 5.32 Å². The maximum atomic E-state index is 13.1. The van der Waals surface area contributed by atoms with Crippen LogP contribution in [0.3, 0.4) is 0 Å². The average molecular weight is 409 g/mol. The molecule has 0 aliphatic heterocycles. The van der Waals surface area contributed by atoms with Crippen LogP contribution in [0.15, 0.2) is 17.8 Å². The zero-order valence-electron chi connectivity index (χ0n) is 16.2. The molecule has 0 saturated heterocycles. The number of hydrogen-bond acceptors (Lipinski definition) is 7. The molecule has 0 radical (unpaired) electrons. The van der Waals surface area contributed by atoms with Crippen molar-refractivity contribution >= 4 is 28.9 Å². The molecule has 0 spiro atoms. The van der Waals surface area contributed by atoms with Gasteiger partial charge in [0.25, 0.3) is 0 Å². The van der Waals surface area contributed by atoms with E-state index in [0.717, 1.165) is 47.6 Å². The Labute approximate surface area is 173 Å². The van der Waals surface area contributed by atoms with Crippen LogP contribution in [-0.2, 0) is 12.8 Å². The topological polar surface area (TPSA) is 88.0 Å². The molecule has 2 atom stereocenters. The summed E-state index contributed by atoms with van der Waals surface area (Å²) in [4.78, 5) is 17.7. The highest BCUT2D eigenvalue weighted by Crippen LogP contribution is 2.56. The molecule has 2 aromatic heterocycles. The zero-order chi connectivity index (χ0) is 19.6. The number of hydrogen-bond donors (Lipinski definition) is 2. The van der Waals surface area contributed by atoms with E-state index in [-0.39, 0.29) is 12.2 Å². The molecule has 2 aromatic rings. The number of carbonyl (C=O) groups excluding carboxylic acids is 1. The van der Waals surface area contributed by atoms with Crippen LogP contribution in [0.5, 0.6) is 0 Å². The molecule has 29 heavy (non-hydrogen) atoms. The minimum Gasteiger partial charge on any atom is -0.390 e. The van der Waals surface area contributed by atoms with Crippen molar-refractivity contribution in [2.45, 2.75) is 56.6 Å². The van der Waals surface area contributed by atoms with Crippen molar-refractivity contribution < 1.29 is 9.90 Å². The smallest absolute Gasteiger partial charge is 0.173 e. The first-order chi connectivity index (χ1) is 14.1. The predicted octanol–water partition coefficient (Wildman–Crippen LogP) is 3.28. The standard InChI is InChI=1S/C22H24N4O2S/c27-18(6-19-26-24-11-29-19)16-10-23-17-3-1-2-15(17)21(16)25-20-13-4-12-5-14(20)9-22(28,7-12)8-13/h1-2,10-14,20,28H,3-9H2,(H,23,25). The van der Waals surface area contributed by atoms with E-state index in [1.54, 1.807) is 11.7 Å². The highest BCUT2D eigenvalue weighted by molar-refractivity contribution is 7.09. The molecule has 2 unspecified atom stereocenters. The second kappa shape index (κ2) is 6.44. The Bertz CT molecular complexity index is 986. The molecule has 0 amide bonds. The van der Waals surface area contributed by atoms with Crippen molar-refractivity contribution in [1.82, 2.24) is 15.2 Å². The molecule has 2 heterocycles. The van der Waals surface area contributed by atoms with Crippen LogP contribution in [0, 0.1) is 17.8 Å². The Kier molecular flexibility index (Phi) is 3.93. The number of rotatable bonds is 5. The number of anilines is 1. The number of allylic oxidation sites excluding steroid dienone is 1. The summed E-state index contributed by atoms with van der Waals surface area (Å²) in [5.74, 6) is 1.65. The van der Waals surface area contributed by atoms with Crippen molar-refractivity contribution in [3.05, 3.63) is 39.6 Å². The highest BCUT2D eigenvalue weighted by atomic mass is 32.1. The minimum absolute atomic E-state index is 0.0299. The molecule has 4 bridgehead atoms. The van der Waals surface area contributed by atoms with E-state index in [2.05, 4.69) is 32.7 Å². The molecule has 4 fully saturated rings. The summed E-state index contributed by atoms with van der Waals surface area (Å²) in [7, 11) is 0. The maximum absolute atomic E-state index is 13.1. The van der Waals surface area contributed by atoms with Crippen LogP contribution >= 0.6 is 11.3 Å². The van der Waals surface area contributed by atoms with E-state index in [1.807, 2.05) is 0 Å². The van der Waals surface area contributed by atoms with Crippen molar-refractivity contribution in [2.24, 2.45) is 17.8 Å². The van der Waals surface area contributed by atoms with Gasteiger partial charge in [-0.1, -0.05) is 12.2 Å². The van der Waals surface area contributed by atoms with E-state index in [0.29, 0.717) is 29.4 Å². The van der Waals surface area contributed by atoms with E-state index in [9.17, 15) is 9.90 Å². The maximum Gasteiger partial charge on any atom is 0.173 e. The molecule has 4 saturated carbocycles. The van der Waals surface area contributed by atoms with Gasteiger partial charge in [-0.05, 0) is 49.9 Å². The number of Topliss-reactive ketones (excluding diaryl/α,β-unsaturated/α-hetero) is 1. The Balaban J connectivity index is 1.34. The molecule has 5 aliphatic carbocycles. The molecule has 2 N–H and O–H groups in total. The Hall–Kier alpha value is -2.12. The summed E-state index contributed by atoms with van der Waals surface area (Å²) in [5.41, 5.74) is 4.87. The van der Waals surface area contributed by atoms with Gasteiger partial charge in [0.15, 0.2) is 5.78 Å². The normalized spacial score (nSPS) is 33.8. The van der Waals surface area contributed by atoms with Gasteiger partial charge in [-0.15, -0.1) is 21.5 Å². The third-order valence-corrected chi connectivity index (χ3v) is 8.06. The summed E-state index contributed by atoms with van der Waals surface area (Å²) in [6.07, 6.45) is 12.1. The molecule has 7 heteroatoms. The lowest BCUT2D eigenvalue weighted by Gasteiger charge is -2.58. The summed E-state index contributed by atoms with van der Waals surface area (Å²) >= 11 is 1.41. The lowest BCUT2D eigenvalue weighted by atomic mass is 9.52. The molecular weight excluding hydrogens is 384 g/mol. The number of ketones is 1. The number of carbonyl (C=O) groups is 1. The van der Waals surface area contributed by atoms with Gasteiger partial charge < -0.3 is 10.4 Å². The minimum atomic E-state index is -0.453. The Morgan fingerprint density at radius 3 is 2.83 bits per heavy atom. The second-order valence-corrected chi connectivity index (χ2v) is 10.2. The van der Waals surface area contributed by atoms with Crippen molar-refractivity contribution in [1.29, 1.82) is 0 Å². The number of aromatic nitrogens is 3. The number of fused-ring (bicyclic) bond motifs is 1. The van der Waals surface area contributed by atoms with Gasteiger partial charge in [0.05, 0.1) is 29.0 Å². The fourth-order valence-corrected chi connectivity index (χ4v) is 6.98. The average Bonchev–Trinajstić information content (AvgIpc) is 3.34. The molecule has 5 aliphatic rings. The second-order valence-electron chi connectivity index (χ2n) is 9.31. The monoisotopic (exact) mass is 408 g/mol. The molecule has 7 rings (SSSR count). The van der Waals surface area contributed by atoms with E-state index < -0.39 is 5.60 Å². The fourth-order valence-electron chi connectivity index (χ4n) is 6.45. The number of pyridine rings is 1. The molecule has 150 valence electrons. The number of nitrogens with zero attached hydrogens (tertiary/aromatic N) is 3. The van der Waals surface area contributed by atoms with E-state index in [1.165, 1.54) is 24.2 Å². The van der Waals surface area contributed by atoms with Gasteiger partial charge in [-0.2, -0.15) is 0 Å². The van der Waals surface area contributed by atoms with Gasteiger partial charge in [0.1, 0.15) is 10.5 Å². The number of nitrogens with one attached hydrogen (secondary N) is 1. The summed E-state index contributed by atoms with van der Waals surface area (Å²) in [6, 6.07) is 0.320. The fraction of sp³-hybridized carbons (Fsp3) is 0.545. The van der Waals surface area contributed by atoms with Gasteiger partial charge in [0.2, 0.25) is 0 Å². The van der Waals surface area contributed by atoms with Crippen LogP contribution in [-0.4, -0.2) is 37.7 Å². The Morgan fingerprint density at radius 2 is 2.10 bits per heavy atom. The van der Waals surface area contributed by atoms with Crippen molar-refractivity contribution in [3.63, 3.8) is 0 Å². The van der Waals surface area contributed by atoms with Gasteiger partial charge >= 0.3 is 0 Å². The van der Waals surface area contributed by atoms with Crippen LogP contribution in [0.1, 0.15) is 58.7 Å². The molecular formula is C22H24N4O2S. The first-order valence-corrected chi connectivity index (χ1v) is 11.4.